The second kappa shape index (κ2) is 6.27. The number of rotatable bonds is 5. The molecule has 0 aliphatic carbocycles. The first-order chi connectivity index (χ1) is 7.63. The van der Waals surface area contributed by atoms with Crippen LogP contribution in [0.15, 0.2) is 12.1 Å². The zero-order chi connectivity index (χ0) is 12.0. The first-order valence-corrected chi connectivity index (χ1v) is 6.06. The molecule has 0 radical (unpaired) electrons. The molecule has 0 aliphatic rings. The van der Waals surface area contributed by atoms with Crippen LogP contribution in [0.25, 0.3) is 0 Å². The van der Waals surface area contributed by atoms with Gasteiger partial charge in [0.25, 0.3) is 0 Å². The van der Waals surface area contributed by atoms with Gasteiger partial charge in [-0.1, -0.05) is 0 Å². The minimum absolute atomic E-state index is 0.0907. The molecule has 0 saturated heterocycles. The van der Waals surface area contributed by atoms with Gasteiger partial charge >= 0.3 is 6.03 Å². The molecule has 0 unspecified atom stereocenters. The van der Waals surface area contributed by atoms with Crippen molar-refractivity contribution < 1.29 is 9.59 Å². The lowest BCUT2D eigenvalue weighted by Gasteiger charge is -2.03. The number of ketones is 1. The van der Waals surface area contributed by atoms with Crippen molar-refractivity contribution in [1.82, 2.24) is 10.6 Å². The molecular formula is C11H16N2O2S. The second-order valence-corrected chi connectivity index (χ2v) is 4.53. The van der Waals surface area contributed by atoms with Gasteiger partial charge in [0.2, 0.25) is 0 Å². The Morgan fingerprint density at radius 2 is 2.06 bits per heavy atom. The molecule has 0 spiro atoms. The van der Waals surface area contributed by atoms with E-state index in [1.54, 1.807) is 6.92 Å². The van der Waals surface area contributed by atoms with Crippen LogP contribution in [0.3, 0.4) is 0 Å². The number of Topliss-reactive ketones (excluding diaryl/α,β-unsaturated/α-hetero) is 1. The smallest absolute Gasteiger partial charge is 0.314 e. The number of hydrogen-bond donors (Lipinski definition) is 2. The fraction of sp³-hybridized carbons (Fsp3) is 0.455. The molecule has 88 valence electrons. The van der Waals surface area contributed by atoms with E-state index in [9.17, 15) is 9.59 Å². The molecule has 0 atom stereocenters. The van der Waals surface area contributed by atoms with Crippen molar-refractivity contribution in [2.75, 3.05) is 13.1 Å². The van der Waals surface area contributed by atoms with Crippen molar-refractivity contribution in [3.8, 4) is 0 Å². The molecule has 5 heteroatoms. The van der Waals surface area contributed by atoms with E-state index in [1.165, 1.54) is 11.3 Å². The first-order valence-electron chi connectivity index (χ1n) is 5.24. The van der Waals surface area contributed by atoms with Gasteiger partial charge in [-0.3, -0.25) is 4.79 Å². The summed E-state index contributed by atoms with van der Waals surface area (Å²) in [5.74, 6) is 0.0907. The van der Waals surface area contributed by atoms with Gasteiger partial charge in [-0.05, 0) is 32.4 Å². The predicted octanol–water partition coefficient (Wildman–Crippen LogP) is 1.81. The average Bonchev–Trinajstić information content (AvgIpc) is 2.67. The van der Waals surface area contributed by atoms with Crippen molar-refractivity contribution in [1.29, 1.82) is 0 Å². The Hall–Kier alpha value is -1.36. The predicted molar refractivity (Wildman–Crippen MR) is 65.1 cm³/mol. The summed E-state index contributed by atoms with van der Waals surface area (Å²) >= 11 is 1.48. The average molecular weight is 240 g/mol. The Balaban J connectivity index is 2.32. The lowest BCUT2D eigenvalue weighted by atomic mass is 10.3. The zero-order valence-corrected chi connectivity index (χ0v) is 10.3. The molecule has 1 aromatic rings. The van der Waals surface area contributed by atoms with Crippen LogP contribution >= 0.6 is 11.3 Å². The van der Waals surface area contributed by atoms with Crippen molar-refractivity contribution in [3.05, 3.63) is 21.9 Å². The molecular weight excluding hydrogens is 224 g/mol. The van der Waals surface area contributed by atoms with Crippen molar-refractivity contribution in [2.45, 2.75) is 20.3 Å². The standard InChI is InChI=1S/C11H16N2O2S/c1-3-12-11(15)13-7-6-9-4-5-10(16-9)8(2)14/h4-5H,3,6-7H2,1-2H3,(H2,12,13,15). The second-order valence-electron chi connectivity index (χ2n) is 3.36. The minimum Gasteiger partial charge on any atom is -0.338 e. The molecule has 0 aromatic carbocycles. The normalized spacial score (nSPS) is 9.88. The maximum absolute atomic E-state index is 11.1. The van der Waals surface area contributed by atoms with Gasteiger partial charge in [-0.25, -0.2) is 4.79 Å². The van der Waals surface area contributed by atoms with Gasteiger partial charge in [0.1, 0.15) is 0 Å². The van der Waals surface area contributed by atoms with E-state index in [0.29, 0.717) is 13.1 Å². The lowest BCUT2D eigenvalue weighted by Crippen LogP contribution is -2.36. The summed E-state index contributed by atoms with van der Waals surface area (Å²) in [6.45, 7) is 4.64. The maximum Gasteiger partial charge on any atom is 0.314 e. The van der Waals surface area contributed by atoms with Crippen molar-refractivity contribution >= 4 is 23.2 Å². The summed E-state index contributed by atoms with van der Waals surface area (Å²) in [4.78, 5) is 24.0. The third-order valence-corrected chi connectivity index (χ3v) is 3.25. The van der Waals surface area contributed by atoms with Gasteiger partial charge in [0.05, 0.1) is 4.88 Å². The van der Waals surface area contributed by atoms with Gasteiger partial charge in [-0.2, -0.15) is 0 Å². The topological polar surface area (TPSA) is 58.2 Å². The third-order valence-electron chi connectivity index (χ3n) is 2.00. The van der Waals surface area contributed by atoms with Crippen LogP contribution in [0.5, 0.6) is 0 Å². The van der Waals surface area contributed by atoms with Crippen LogP contribution in [0, 0.1) is 0 Å². The summed E-state index contributed by atoms with van der Waals surface area (Å²) in [6, 6.07) is 3.61. The van der Waals surface area contributed by atoms with E-state index in [2.05, 4.69) is 10.6 Å². The van der Waals surface area contributed by atoms with E-state index in [0.717, 1.165) is 16.2 Å². The van der Waals surface area contributed by atoms with E-state index < -0.39 is 0 Å². The molecule has 0 aliphatic heterocycles. The Kier molecular flexibility index (Phi) is 4.98. The van der Waals surface area contributed by atoms with Gasteiger partial charge < -0.3 is 10.6 Å². The molecule has 0 saturated carbocycles. The molecule has 1 heterocycles. The van der Waals surface area contributed by atoms with Crippen LogP contribution in [0.4, 0.5) is 4.79 Å². The summed E-state index contributed by atoms with van der Waals surface area (Å²) in [6.07, 6.45) is 0.759. The Labute approximate surface area is 99.0 Å². The molecule has 1 rings (SSSR count). The number of urea groups is 1. The third kappa shape index (κ3) is 4.02. The minimum atomic E-state index is -0.147. The lowest BCUT2D eigenvalue weighted by molar-refractivity contribution is 0.102. The van der Waals surface area contributed by atoms with Crippen LogP contribution in [0.1, 0.15) is 28.4 Å². The SMILES string of the molecule is CCNC(=O)NCCc1ccc(C(C)=O)s1. The number of hydrogen-bond acceptors (Lipinski definition) is 3. The maximum atomic E-state index is 11.1. The van der Waals surface area contributed by atoms with Gasteiger partial charge in [0.15, 0.2) is 5.78 Å². The number of carbonyl (C=O) groups excluding carboxylic acids is 2. The largest absolute Gasteiger partial charge is 0.338 e. The van der Waals surface area contributed by atoms with Crippen molar-refractivity contribution in [3.63, 3.8) is 0 Å². The summed E-state index contributed by atoms with van der Waals surface area (Å²) in [5, 5.41) is 5.40. The number of nitrogens with one attached hydrogen (secondary N) is 2. The molecule has 1 aromatic heterocycles. The fourth-order valence-electron chi connectivity index (χ4n) is 1.22. The van der Waals surface area contributed by atoms with Crippen LogP contribution in [-0.4, -0.2) is 24.9 Å². The molecule has 16 heavy (non-hydrogen) atoms. The number of amides is 2. The van der Waals surface area contributed by atoms with Crippen LogP contribution < -0.4 is 10.6 Å². The highest BCUT2D eigenvalue weighted by Gasteiger charge is 2.04. The zero-order valence-electron chi connectivity index (χ0n) is 9.50. The van der Waals surface area contributed by atoms with E-state index in [1.807, 2.05) is 19.1 Å². The molecule has 2 N–H and O–H groups in total. The monoisotopic (exact) mass is 240 g/mol. The van der Waals surface area contributed by atoms with Crippen LogP contribution in [0.2, 0.25) is 0 Å². The van der Waals surface area contributed by atoms with E-state index >= 15 is 0 Å². The molecule has 0 fully saturated rings. The summed E-state index contributed by atoms with van der Waals surface area (Å²) in [5.41, 5.74) is 0. The summed E-state index contributed by atoms with van der Waals surface area (Å²) in [7, 11) is 0. The number of carbonyl (C=O) groups is 2. The Morgan fingerprint density at radius 1 is 1.31 bits per heavy atom. The molecule has 2 amide bonds. The van der Waals surface area contributed by atoms with Gasteiger partial charge in [0, 0.05) is 18.0 Å². The Morgan fingerprint density at radius 3 is 2.62 bits per heavy atom. The Bertz CT molecular complexity index is 374. The highest BCUT2D eigenvalue weighted by molar-refractivity contribution is 7.14. The van der Waals surface area contributed by atoms with Crippen molar-refractivity contribution in [2.24, 2.45) is 0 Å². The van der Waals surface area contributed by atoms with E-state index in [-0.39, 0.29) is 11.8 Å². The molecule has 0 bridgehead atoms. The summed E-state index contributed by atoms with van der Waals surface area (Å²) < 4.78 is 0. The first kappa shape index (κ1) is 12.7. The molecule has 4 nitrogen and oxygen atoms in total. The van der Waals surface area contributed by atoms with Gasteiger partial charge in [-0.15, -0.1) is 11.3 Å². The van der Waals surface area contributed by atoms with Crippen LogP contribution in [-0.2, 0) is 6.42 Å². The highest BCUT2D eigenvalue weighted by Crippen LogP contribution is 2.16. The number of thiophene rings is 1. The fourth-order valence-corrected chi connectivity index (χ4v) is 2.13. The van der Waals surface area contributed by atoms with E-state index in [4.69, 9.17) is 0 Å². The highest BCUT2D eigenvalue weighted by atomic mass is 32.1. The quantitative estimate of drug-likeness (QED) is 0.771.